The maximum atomic E-state index is 5.80. The molecule has 3 heteroatoms. The Bertz CT molecular complexity index is 367. The van der Waals surface area contributed by atoms with Crippen molar-refractivity contribution < 1.29 is 4.74 Å². The summed E-state index contributed by atoms with van der Waals surface area (Å²) < 4.78 is 5.80. The normalized spacial score (nSPS) is 24.1. The van der Waals surface area contributed by atoms with Crippen LogP contribution in [0.25, 0.3) is 0 Å². The Balaban J connectivity index is 1.74. The lowest BCUT2D eigenvalue weighted by Gasteiger charge is -2.26. The van der Waals surface area contributed by atoms with Crippen molar-refractivity contribution in [2.75, 3.05) is 6.61 Å². The number of hydrogen-bond donors (Lipinski definition) is 1. The molecular formula is C15H24N2O. The lowest BCUT2D eigenvalue weighted by Crippen LogP contribution is -2.18. The van der Waals surface area contributed by atoms with Crippen LogP contribution in [0.15, 0.2) is 18.2 Å². The highest BCUT2D eigenvalue weighted by Gasteiger charge is 2.18. The predicted molar refractivity (Wildman–Crippen MR) is 72.9 cm³/mol. The molecule has 0 bridgehead atoms. The van der Waals surface area contributed by atoms with Crippen LogP contribution in [0.1, 0.15) is 44.0 Å². The van der Waals surface area contributed by atoms with E-state index >= 15 is 0 Å². The number of nitrogens with zero attached hydrogens (tertiary/aromatic N) is 1. The minimum atomic E-state index is 0.494. The Kier molecular flexibility index (Phi) is 5.14. The molecule has 18 heavy (non-hydrogen) atoms. The van der Waals surface area contributed by atoms with E-state index in [4.69, 9.17) is 10.5 Å². The summed E-state index contributed by atoms with van der Waals surface area (Å²) >= 11 is 0. The first-order valence-corrected chi connectivity index (χ1v) is 7.00. The topological polar surface area (TPSA) is 48.1 Å². The Morgan fingerprint density at radius 2 is 2.17 bits per heavy atom. The van der Waals surface area contributed by atoms with Crippen LogP contribution in [0, 0.1) is 11.8 Å². The van der Waals surface area contributed by atoms with E-state index in [1.807, 2.05) is 18.2 Å². The van der Waals surface area contributed by atoms with Gasteiger partial charge >= 0.3 is 0 Å². The Hall–Kier alpha value is -0.930. The first kappa shape index (κ1) is 13.5. The Morgan fingerprint density at radius 1 is 1.33 bits per heavy atom. The molecule has 2 N–H and O–H groups in total. The summed E-state index contributed by atoms with van der Waals surface area (Å²) in [7, 11) is 0. The number of hydrogen-bond acceptors (Lipinski definition) is 3. The quantitative estimate of drug-likeness (QED) is 0.871. The van der Waals surface area contributed by atoms with Crippen LogP contribution >= 0.6 is 0 Å². The second kappa shape index (κ2) is 6.86. The highest BCUT2D eigenvalue weighted by atomic mass is 16.5. The van der Waals surface area contributed by atoms with Crippen molar-refractivity contribution in [1.82, 2.24) is 4.98 Å². The van der Waals surface area contributed by atoms with Gasteiger partial charge in [0, 0.05) is 13.2 Å². The fourth-order valence-electron chi connectivity index (χ4n) is 2.76. The summed E-state index contributed by atoms with van der Waals surface area (Å²) in [6, 6.07) is 5.95. The van der Waals surface area contributed by atoms with E-state index in [1.54, 1.807) is 0 Å². The van der Waals surface area contributed by atoms with E-state index in [-0.39, 0.29) is 0 Å². The van der Waals surface area contributed by atoms with Crippen molar-refractivity contribution in [3.8, 4) is 0 Å². The molecule has 1 aliphatic carbocycles. The van der Waals surface area contributed by atoms with Gasteiger partial charge in [0.15, 0.2) is 0 Å². The predicted octanol–water partition coefficient (Wildman–Crippen LogP) is 2.88. The van der Waals surface area contributed by atoms with Gasteiger partial charge in [-0.05, 0) is 36.8 Å². The van der Waals surface area contributed by atoms with Gasteiger partial charge in [-0.3, -0.25) is 4.98 Å². The summed E-state index contributed by atoms with van der Waals surface area (Å²) in [5.41, 5.74) is 7.50. The molecule has 2 rings (SSSR count). The maximum Gasteiger partial charge on any atom is 0.0888 e. The third kappa shape index (κ3) is 4.07. The van der Waals surface area contributed by atoms with Gasteiger partial charge in [-0.15, -0.1) is 0 Å². The van der Waals surface area contributed by atoms with E-state index in [0.29, 0.717) is 13.2 Å². The molecule has 1 fully saturated rings. The van der Waals surface area contributed by atoms with E-state index in [0.717, 1.165) is 29.8 Å². The molecule has 1 aromatic rings. The molecule has 0 aliphatic heterocycles. The van der Waals surface area contributed by atoms with Gasteiger partial charge in [0.05, 0.1) is 18.0 Å². The molecule has 3 nitrogen and oxygen atoms in total. The molecule has 1 saturated carbocycles. The van der Waals surface area contributed by atoms with Gasteiger partial charge in [0.1, 0.15) is 0 Å². The first-order valence-electron chi connectivity index (χ1n) is 7.00. The SMILES string of the molecule is CC1CCCC(COCc2cccc(CN)n2)C1. The molecular weight excluding hydrogens is 224 g/mol. The number of rotatable bonds is 5. The zero-order valence-electron chi connectivity index (χ0n) is 11.3. The fraction of sp³-hybridized carbons (Fsp3) is 0.667. The Morgan fingerprint density at radius 3 is 2.94 bits per heavy atom. The Labute approximate surface area is 110 Å². The number of nitrogens with two attached hydrogens (primary N) is 1. The summed E-state index contributed by atoms with van der Waals surface area (Å²) in [5.74, 6) is 1.61. The molecule has 1 aliphatic rings. The van der Waals surface area contributed by atoms with Crippen LogP contribution in [-0.4, -0.2) is 11.6 Å². The molecule has 0 amide bonds. The number of aromatic nitrogens is 1. The monoisotopic (exact) mass is 248 g/mol. The van der Waals surface area contributed by atoms with Gasteiger partial charge in [-0.2, -0.15) is 0 Å². The molecule has 0 saturated heterocycles. The molecule has 0 radical (unpaired) electrons. The second-order valence-electron chi connectivity index (χ2n) is 5.48. The molecule has 1 heterocycles. The van der Waals surface area contributed by atoms with Gasteiger partial charge in [-0.25, -0.2) is 0 Å². The second-order valence-corrected chi connectivity index (χ2v) is 5.48. The van der Waals surface area contributed by atoms with Crippen molar-refractivity contribution in [3.05, 3.63) is 29.6 Å². The third-order valence-electron chi connectivity index (χ3n) is 3.72. The van der Waals surface area contributed by atoms with Crippen molar-refractivity contribution in [2.45, 2.75) is 45.8 Å². The van der Waals surface area contributed by atoms with E-state index in [2.05, 4.69) is 11.9 Å². The van der Waals surface area contributed by atoms with E-state index in [9.17, 15) is 0 Å². The molecule has 100 valence electrons. The molecule has 2 unspecified atom stereocenters. The summed E-state index contributed by atoms with van der Waals surface area (Å²) in [5, 5.41) is 0. The van der Waals surface area contributed by atoms with Crippen molar-refractivity contribution in [3.63, 3.8) is 0 Å². The maximum absolute atomic E-state index is 5.80. The largest absolute Gasteiger partial charge is 0.375 e. The van der Waals surface area contributed by atoms with Gasteiger partial charge in [0.25, 0.3) is 0 Å². The van der Waals surface area contributed by atoms with Gasteiger partial charge < -0.3 is 10.5 Å². The van der Waals surface area contributed by atoms with Crippen molar-refractivity contribution in [1.29, 1.82) is 0 Å². The zero-order chi connectivity index (χ0) is 12.8. The lowest BCUT2D eigenvalue weighted by atomic mass is 9.83. The average Bonchev–Trinajstić information content (AvgIpc) is 2.39. The molecule has 2 atom stereocenters. The van der Waals surface area contributed by atoms with E-state index in [1.165, 1.54) is 25.7 Å². The number of pyridine rings is 1. The standard InChI is InChI=1S/C15H24N2O/c1-12-4-2-5-13(8-12)10-18-11-15-7-3-6-14(9-16)17-15/h3,6-7,12-13H,2,4-5,8-11,16H2,1H3. The van der Waals surface area contributed by atoms with Crippen LogP contribution in [0.3, 0.4) is 0 Å². The summed E-state index contributed by atoms with van der Waals surface area (Å²) in [6.45, 7) is 4.32. The zero-order valence-corrected chi connectivity index (χ0v) is 11.3. The highest BCUT2D eigenvalue weighted by molar-refractivity contribution is 5.10. The minimum absolute atomic E-state index is 0.494. The van der Waals surface area contributed by atoms with Crippen LogP contribution in [-0.2, 0) is 17.9 Å². The minimum Gasteiger partial charge on any atom is -0.375 e. The highest BCUT2D eigenvalue weighted by Crippen LogP contribution is 2.28. The van der Waals surface area contributed by atoms with Crippen LogP contribution in [0.5, 0.6) is 0 Å². The third-order valence-corrected chi connectivity index (χ3v) is 3.72. The first-order chi connectivity index (χ1) is 8.78. The van der Waals surface area contributed by atoms with Crippen molar-refractivity contribution in [2.24, 2.45) is 17.6 Å². The van der Waals surface area contributed by atoms with Crippen LogP contribution < -0.4 is 5.73 Å². The summed E-state index contributed by atoms with van der Waals surface area (Å²) in [4.78, 5) is 4.44. The number of ether oxygens (including phenoxy) is 1. The lowest BCUT2D eigenvalue weighted by molar-refractivity contribution is 0.0640. The van der Waals surface area contributed by atoms with E-state index < -0.39 is 0 Å². The van der Waals surface area contributed by atoms with Crippen LogP contribution in [0.2, 0.25) is 0 Å². The van der Waals surface area contributed by atoms with Gasteiger partial charge in [-0.1, -0.05) is 25.8 Å². The van der Waals surface area contributed by atoms with Crippen LogP contribution in [0.4, 0.5) is 0 Å². The fourth-order valence-corrected chi connectivity index (χ4v) is 2.76. The van der Waals surface area contributed by atoms with Gasteiger partial charge in [0.2, 0.25) is 0 Å². The molecule has 1 aromatic heterocycles. The molecule has 0 spiro atoms. The summed E-state index contributed by atoms with van der Waals surface area (Å²) in [6.07, 6.45) is 5.38. The average molecular weight is 248 g/mol. The van der Waals surface area contributed by atoms with Crippen molar-refractivity contribution >= 4 is 0 Å². The smallest absolute Gasteiger partial charge is 0.0888 e. The molecule has 0 aromatic carbocycles.